The van der Waals surface area contributed by atoms with E-state index in [0.29, 0.717) is 11.4 Å². The van der Waals surface area contributed by atoms with Crippen LogP contribution in [0.15, 0.2) is 24.3 Å². The lowest BCUT2D eigenvalue weighted by atomic mass is 9.84. The van der Waals surface area contributed by atoms with E-state index < -0.39 is 23.4 Å². The van der Waals surface area contributed by atoms with Crippen molar-refractivity contribution >= 4 is 45.4 Å². The Morgan fingerprint density at radius 3 is 1.19 bits per heavy atom. The van der Waals surface area contributed by atoms with Gasteiger partial charge >= 0.3 is 12.2 Å². The Balaban J connectivity index is 2.30. The van der Waals surface area contributed by atoms with Crippen LogP contribution < -0.4 is 10.6 Å². The lowest BCUT2D eigenvalue weighted by molar-refractivity contribution is 0.0625. The number of H-pyrrole nitrogens is 1. The second-order valence-electron chi connectivity index (χ2n) is 13.8. The fraction of sp³-hybridized carbons (Fsp3) is 0.533. The number of hydrogen-bond donors (Lipinski definition) is 3. The summed E-state index contributed by atoms with van der Waals surface area (Å²) in [7, 11) is 0. The van der Waals surface area contributed by atoms with E-state index in [1.54, 1.807) is 0 Å². The summed E-state index contributed by atoms with van der Waals surface area (Å²) in [5.74, 6) is 0. The molecule has 0 bridgehead atoms. The Labute approximate surface area is 220 Å². The van der Waals surface area contributed by atoms with Crippen LogP contribution in [0.1, 0.15) is 94.2 Å². The summed E-state index contributed by atoms with van der Waals surface area (Å²) in [5.41, 5.74) is 3.29. The van der Waals surface area contributed by atoms with Gasteiger partial charge in [0.25, 0.3) is 0 Å². The lowest BCUT2D eigenvalue weighted by Gasteiger charge is -2.23. The molecule has 0 atom stereocenters. The number of carbonyl (C=O) groups excluding carboxylic acids is 2. The molecular formula is C30H43N3O4. The predicted molar refractivity (Wildman–Crippen MR) is 153 cm³/mol. The van der Waals surface area contributed by atoms with Gasteiger partial charge < -0.3 is 14.5 Å². The van der Waals surface area contributed by atoms with Crippen molar-refractivity contribution in [3.05, 3.63) is 35.4 Å². The molecule has 3 rings (SSSR count). The van der Waals surface area contributed by atoms with Gasteiger partial charge in [0, 0.05) is 10.8 Å². The molecule has 3 N–H and O–H groups in total. The maximum Gasteiger partial charge on any atom is 0.412 e. The Hall–Kier alpha value is -3.22. The summed E-state index contributed by atoms with van der Waals surface area (Å²) in [6.45, 7) is 23.8. The molecule has 0 spiro atoms. The number of fused-ring (bicyclic) bond motifs is 3. The summed E-state index contributed by atoms with van der Waals surface area (Å²) >= 11 is 0. The summed E-state index contributed by atoms with van der Waals surface area (Å²) in [4.78, 5) is 29.0. The molecule has 7 nitrogen and oxygen atoms in total. The van der Waals surface area contributed by atoms with Crippen molar-refractivity contribution in [2.75, 3.05) is 10.6 Å². The van der Waals surface area contributed by atoms with Gasteiger partial charge in [-0.1, -0.05) is 41.5 Å². The first-order valence-electron chi connectivity index (χ1n) is 12.8. The average molecular weight is 510 g/mol. The second kappa shape index (κ2) is 9.26. The minimum Gasteiger partial charge on any atom is -0.444 e. The monoisotopic (exact) mass is 509 g/mol. The zero-order chi connectivity index (χ0) is 28.1. The number of rotatable bonds is 2. The van der Waals surface area contributed by atoms with E-state index in [1.165, 1.54) is 0 Å². The summed E-state index contributed by atoms with van der Waals surface area (Å²) in [6, 6.07) is 8.26. The van der Waals surface area contributed by atoms with Gasteiger partial charge in [-0.25, -0.2) is 9.59 Å². The number of carbonyl (C=O) groups is 2. The Kier molecular flexibility index (Phi) is 7.10. The third kappa shape index (κ3) is 6.96. The van der Waals surface area contributed by atoms with Crippen LogP contribution in [-0.2, 0) is 20.3 Å². The fourth-order valence-electron chi connectivity index (χ4n) is 3.99. The number of benzene rings is 2. The molecule has 1 heterocycles. The van der Waals surface area contributed by atoms with Crippen molar-refractivity contribution in [2.24, 2.45) is 0 Å². The van der Waals surface area contributed by atoms with Crippen molar-refractivity contribution < 1.29 is 19.1 Å². The molecule has 0 saturated carbocycles. The molecule has 1 aromatic heterocycles. The van der Waals surface area contributed by atoms with Crippen molar-refractivity contribution in [2.45, 2.75) is 105 Å². The second-order valence-corrected chi connectivity index (χ2v) is 13.8. The van der Waals surface area contributed by atoms with Crippen molar-refractivity contribution in [1.29, 1.82) is 0 Å². The van der Waals surface area contributed by atoms with Crippen LogP contribution in [0.3, 0.4) is 0 Å². The van der Waals surface area contributed by atoms with Crippen LogP contribution in [0.5, 0.6) is 0 Å². The number of nitrogens with one attached hydrogen (secondary N) is 3. The summed E-state index contributed by atoms with van der Waals surface area (Å²) < 4.78 is 11.1. The third-order valence-corrected chi connectivity index (χ3v) is 5.82. The van der Waals surface area contributed by atoms with Crippen LogP contribution in [0.2, 0.25) is 0 Å². The standard InChI is InChI=1S/C30H43N3O4/c1-27(2,3)17-13-19-20-14-18(28(4,5)6)16-22(32-26(35)37-30(10,11)12)24(20)33-23(19)21(15-17)31-25(34)36-29(7,8)9/h13-16,33H,1-12H3,(H,31,34)(H,32,35). The number of ether oxygens (including phenoxy) is 2. The number of aromatic amines is 1. The quantitative estimate of drug-likeness (QED) is 0.322. The average Bonchev–Trinajstić information content (AvgIpc) is 3.03. The topological polar surface area (TPSA) is 92.5 Å². The number of amides is 2. The highest BCUT2D eigenvalue weighted by Crippen LogP contribution is 2.40. The van der Waals surface area contributed by atoms with E-state index in [4.69, 9.17) is 9.47 Å². The molecule has 0 radical (unpaired) electrons. The van der Waals surface area contributed by atoms with Gasteiger partial charge in [0.15, 0.2) is 0 Å². The van der Waals surface area contributed by atoms with E-state index in [9.17, 15) is 9.59 Å². The molecule has 0 aliphatic heterocycles. The summed E-state index contributed by atoms with van der Waals surface area (Å²) in [6.07, 6.45) is -1.05. The largest absolute Gasteiger partial charge is 0.444 e. The SMILES string of the molecule is CC(C)(C)OC(=O)Nc1cc(C(C)(C)C)cc2c1[nH]c1c(NC(=O)OC(C)(C)C)cc(C(C)(C)C)cc12. The van der Waals surface area contributed by atoms with Crippen LogP contribution in [0.25, 0.3) is 21.8 Å². The highest BCUT2D eigenvalue weighted by atomic mass is 16.6. The van der Waals surface area contributed by atoms with Crippen LogP contribution in [-0.4, -0.2) is 28.4 Å². The lowest BCUT2D eigenvalue weighted by Crippen LogP contribution is -2.27. The van der Waals surface area contributed by atoms with Crippen LogP contribution in [0.4, 0.5) is 21.0 Å². The smallest absolute Gasteiger partial charge is 0.412 e. The van der Waals surface area contributed by atoms with Crippen LogP contribution in [0, 0.1) is 0 Å². The molecule has 2 amide bonds. The summed E-state index contributed by atoms with van der Waals surface area (Å²) in [5, 5.41) is 7.79. The highest BCUT2D eigenvalue weighted by Gasteiger charge is 2.25. The van der Waals surface area contributed by atoms with Crippen molar-refractivity contribution in [3.63, 3.8) is 0 Å². The molecule has 202 valence electrons. The van der Waals surface area contributed by atoms with E-state index in [2.05, 4.69) is 69.3 Å². The van der Waals surface area contributed by atoms with E-state index in [-0.39, 0.29) is 10.8 Å². The van der Waals surface area contributed by atoms with E-state index in [1.807, 2.05) is 53.7 Å². The zero-order valence-electron chi connectivity index (χ0n) is 24.4. The van der Waals surface area contributed by atoms with Gasteiger partial charge in [-0.2, -0.15) is 0 Å². The van der Waals surface area contributed by atoms with Gasteiger partial charge in [-0.05, 0) is 87.8 Å². The predicted octanol–water partition coefficient (Wildman–Crippen LogP) is 8.61. The number of aromatic nitrogens is 1. The number of hydrogen-bond acceptors (Lipinski definition) is 4. The molecule has 0 fully saturated rings. The number of anilines is 2. The van der Waals surface area contributed by atoms with Gasteiger partial charge in [0.2, 0.25) is 0 Å². The van der Waals surface area contributed by atoms with Gasteiger partial charge in [0.1, 0.15) is 11.2 Å². The van der Waals surface area contributed by atoms with Crippen molar-refractivity contribution in [3.8, 4) is 0 Å². The van der Waals surface area contributed by atoms with Crippen LogP contribution >= 0.6 is 0 Å². The molecule has 2 aromatic carbocycles. The first kappa shape index (κ1) is 28.4. The minimum atomic E-state index is -0.628. The first-order valence-corrected chi connectivity index (χ1v) is 12.8. The molecule has 0 aliphatic rings. The molecular weight excluding hydrogens is 466 g/mol. The fourth-order valence-corrected chi connectivity index (χ4v) is 3.99. The molecule has 3 aromatic rings. The zero-order valence-corrected chi connectivity index (χ0v) is 24.4. The van der Waals surface area contributed by atoms with Gasteiger partial charge in [-0.3, -0.25) is 10.6 Å². The van der Waals surface area contributed by atoms with Gasteiger partial charge in [0.05, 0.1) is 22.4 Å². The molecule has 0 unspecified atom stereocenters. The maximum atomic E-state index is 12.8. The molecule has 37 heavy (non-hydrogen) atoms. The first-order chi connectivity index (χ1) is 16.6. The molecule has 0 saturated heterocycles. The highest BCUT2D eigenvalue weighted by molar-refractivity contribution is 6.17. The normalized spacial score (nSPS) is 13.1. The molecule has 0 aliphatic carbocycles. The Bertz CT molecular complexity index is 1240. The Morgan fingerprint density at radius 1 is 0.595 bits per heavy atom. The van der Waals surface area contributed by atoms with E-state index in [0.717, 1.165) is 32.9 Å². The Morgan fingerprint density at radius 2 is 0.919 bits per heavy atom. The van der Waals surface area contributed by atoms with E-state index >= 15 is 0 Å². The minimum absolute atomic E-state index is 0.165. The molecule has 7 heteroatoms. The maximum absolute atomic E-state index is 12.8. The van der Waals surface area contributed by atoms with Gasteiger partial charge in [-0.15, -0.1) is 0 Å². The van der Waals surface area contributed by atoms with Crippen molar-refractivity contribution in [1.82, 2.24) is 4.98 Å². The third-order valence-electron chi connectivity index (χ3n) is 5.82.